The minimum Gasteiger partial charge on any atom is -0.382 e. The molecule has 0 atom stereocenters. The monoisotopic (exact) mass is 491 g/mol. The van der Waals surface area contributed by atoms with Crippen LogP contribution in [0.5, 0.6) is 0 Å². The molecule has 0 bridgehead atoms. The molecule has 8 heteroatoms. The number of benzene rings is 2. The zero-order chi connectivity index (χ0) is 18.8. The first-order valence-corrected chi connectivity index (χ1v) is 10.2. The third-order valence-electron chi connectivity index (χ3n) is 5.08. The van der Waals surface area contributed by atoms with Crippen molar-refractivity contribution < 1.29 is 0 Å². The van der Waals surface area contributed by atoms with E-state index in [0.717, 1.165) is 48.0 Å². The van der Waals surface area contributed by atoms with Crippen LogP contribution in [0.15, 0.2) is 48.7 Å². The van der Waals surface area contributed by atoms with Gasteiger partial charge in [0.1, 0.15) is 0 Å². The van der Waals surface area contributed by atoms with Gasteiger partial charge >= 0.3 is 0 Å². The van der Waals surface area contributed by atoms with Gasteiger partial charge in [-0.3, -0.25) is 4.98 Å². The van der Waals surface area contributed by atoms with E-state index >= 15 is 0 Å². The molecule has 156 valence electrons. The molecule has 2 aromatic carbocycles. The molecule has 4 rings (SSSR count). The van der Waals surface area contributed by atoms with E-state index in [4.69, 9.17) is 34.8 Å². The standard InChI is InChI=1S/C21H20Cl3N3.2ClH/c22-13-1-7-17-20(9-10-25-21(17)11-13)27-15-4-2-14(3-5-15)26-16-6-8-18(23)19(24)12-16;;/h1,6-12,14-15,26H,2-5H2,(H,25,27);2*1H. The van der Waals surface area contributed by atoms with Gasteiger partial charge in [-0.05, 0) is 68.1 Å². The number of fused-ring (bicyclic) bond motifs is 1. The predicted molar refractivity (Wildman–Crippen MR) is 131 cm³/mol. The number of pyridine rings is 1. The minimum atomic E-state index is 0. The lowest BCUT2D eigenvalue weighted by Crippen LogP contribution is -2.32. The summed E-state index contributed by atoms with van der Waals surface area (Å²) in [5.41, 5.74) is 3.07. The summed E-state index contributed by atoms with van der Waals surface area (Å²) in [5, 5.41) is 10.3. The molecule has 1 aromatic heterocycles. The van der Waals surface area contributed by atoms with Crippen LogP contribution in [-0.2, 0) is 0 Å². The normalized spacial score (nSPS) is 18.4. The van der Waals surface area contributed by atoms with E-state index in [-0.39, 0.29) is 24.8 Å². The molecule has 0 aliphatic heterocycles. The van der Waals surface area contributed by atoms with Crippen molar-refractivity contribution in [2.24, 2.45) is 0 Å². The van der Waals surface area contributed by atoms with Gasteiger partial charge in [-0.2, -0.15) is 0 Å². The predicted octanol–water partition coefficient (Wildman–Crippen LogP) is 7.87. The first kappa shape index (κ1) is 24.2. The number of halogens is 5. The highest BCUT2D eigenvalue weighted by molar-refractivity contribution is 6.42. The number of hydrogen-bond donors (Lipinski definition) is 2. The Hall–Kier alpha value is -1.10. The quantitative estimate of drug-likeness (QED) is 0.388. The molecule has 2 N–H and O–H groups in total. The van der Waals surface area contributed by atoms with Crippen LogP contribution >= 0.6 is 59.6 Å². The maximum absolute atomic E-state index is 6.11. The molecule has 0 unspecified atom stereocenters. The van der Waals surface area contributed by atoms with Gasteiger partial charge in [0, 0.05) is 40.1 Å². The lowest BCUT2D eigenvalue weighted by Gasteiger charge is -2.31. The molecule has 3 aromatic rings. The highest BCUT2D eigenvalue weighted by Gasteiger charge is 2.21. The highest BCUT2D eigenvalue weighted by Crippen LogP contribution is 2.30. The molecule has 0 amide bonds. The molecular weight excluding hydrogens is 472 g/mol. The van der Waals surface area contributed by atoms with Crippen LogP contribution < -0.4 is 10.6 Å². The molecule has 0 spiro atoms. The van der Waals surface area contributed by atoms with Crippen molar-refractivity contribution in [3.8, 4) is 0 Å². The van der Waals surface area contributed by atoms with Crippen molar-refractivity contribution in [1.29, 1.82) is 0 Å². The molecule has 3 nitrogen and oxygen atoms in total. The van der Waals surface area contributed by atoms with E-state index < -0.39 is 0 Å². The number of anilines is 2. The SMILES string of the molecule is Cl.Cl.Clc1ccc2c(NC3CCC(Nc4ccc(Cl)c(Cl)c4)CC3)ccnc2c1. The molecule has 1 aliphatic rings. The summed E-state index contributed by atoms with van der Waals surface area (Å²) in [6.07, 6.45) is 6.25. The van der Waals surface area contributed by atoms with E-state index in [1.54, 1.807) is 0 Å². The summed E-state index contributed by atoms with van der Waals surface area (Å²) in [4.78, 5) is 4.41. The fourth-order valence-electron chi connectivity index (χ4n) is 3.67. The Labute approximate surface area is 198 Å². The van der Waals surface area contributed by atoms with Crippen LogP contribution in [0.25, 0.3) is 10.9 Å². The van der Waals surface area contributed by atoms with Gasteiger partial charge < -0.3 is 10.6 Å². The summed E-state index contributed by atoms with van der Waals surface area (Å²) >= 11 is 18.2. The highest BCUT2D eigenvalue weighted by atomic mass is 35.5. The Bertz CT molecular complexity index is 958. The van der Waals surface area contributed by atoms with E-state index in [0.29, 0.717) is 27.2 Å². The maximum atomic E-state index is 6.11. The van der Waals surface area contributed by atoms with Gasteiger partial charge in [0.05, 0.1) is 15.6 Å². The number of rotatable bonds is 4. The van der Waals surface area contributed by atoms with Gasteiger partial charge in [-0.1, -0.05) is 34.8 Å². The van der Waals surface area contributed by atoms with E-state index in [9.17, 15) is 0 Å². The van der Waals surface area contributed by atoms with Gasteiger partial charge in [0.25, 0.3) is 0 Å². The van der Waals surface area contributed by atoms with Crippen LogP contribution in [0.2, 0.25) is 15.1 Å². The second kappa shape index (κ2) is 10.8. The fraction of sp³-hybridized carbons (Fsp3) is 0.286. The minimum absolute atomic E-state index is 0. The molecule has 1 heterocycles. The lowest BCUT2D eigenvalue weighted by atomic mass is 9.90. The summed E-state index contributed by atoms with van der Waals surface area (Å²) in [7, 11) is 0. The smallest absolute Gasteiger partial charge is 0.0737 e. The average molecular weight is 494 g/mol. The molecule has 29 heavy (non-hydrogen) atoms. The Morgan fingerprint density at radius 2 is 1.45 bits per heavy atom. The first-order valence-electron chi connectivity index (χ1n) is 9.11. The second-order valence-electron chi connectivity index (χ2n) is 6.99. The topological polar surface area (TPSA) is 37.0 Å². The molecule has 0 saturated heterocycles. The summed E-state index contributed by atoms with van der Waals surface area (Å²) in [5.74, 6) is 0. The van der Waals surface area contributed by atoms with Crippen molar-refractivity contribution in [3.63, 3.8) is 0 Å². The number of nitrogens with one attached hydrogen (secondary N) is 2. The molecule has 1 aliphatic carbocycles. The maximum Gasteiger partial charge on any atom is 0.0737 e. The molecular formula is C21H22Cl5N3. The van der Waals surface area contributed by atoms with Crippen LogP contribution in [0, 0.1) is 0 Å². The Balaban J connectivity index is 0.00000150. The van der Waals surface area contributed by atoms with Gasteiger partial charge in [0.2, 0.25) is 0 Å². The zero-order valence-corrected chi connectivity index (χ0v) is 19.4. The number of nitrogens with zero attached hydrogens (tertiary/aromatic N) is 1. The Kier molecular flexibility index (Phi) is 8.99. The Morgan fingerprint density at radius 1 is 0.759 bits per heavy atom. The van der Waals surface area contributed by atoms with Crippen molar-refractivity contribution in [1.82, 2.24) is 4.98 Å². The summed E-state index contributed by atoms with van der Waals surface area (Å²) < 4.78 is 0. The average Bonchev–Trinajstić information content (AvgIpc) is 2.66. The van der Waals surface area contributed by atoms with Crippen LogP contribution in [0.3, 0.4) is 0 Å². The van der Waals surface area contributed by atoms with E-state index in [1.165, 1.54) is 0 Å². The summed E-state index contributed by atoms with van der Waals surface area (Å²) in [6.45, 7) is 0. The van der Waals surface area contributed by atoms with E-state index in [1.807, 2.05) is 48.7 Å². The largest absolute Gasteiger partial charge is 0.382 e. The fourth-order valence-corrected chi connectivity index (χ4v) is 4.14. The van der Waals surface area contributed by atoms with Gasteiger partial charge in [-0.15, -0.1) is 24.8 Å². The van der Waals surface area contributed by atoms with E-state index in [2.05, 4.69) is 15.6 Å². The molecule has 1 fully saturated rings. The van der Waals surface area contributed by atoms with Crippen molar-refractivity contribution in [3.05, 3.63) is 63.7 Å². The molecule has 0 radical (unpaired) electrons. The van der Waals surface area contributed by atoms with Crippen LogP contribution in [0.4, 0.5) is 11.4 Å². The zero-order valence-electron chi connectivity index (χ0n) is 15.5. The first-order chi connectivity index (χ1) is 13.1. The Morgan fingerprint density at radius 3 is 2.14 bits per heavy atom. The third kappa shape index (κ3) is 5.96. The van der Waals surface area contributed by atoms with Crippen LogP contribution in [0.1, 0.15) is 25.7 Å². The van der Waals surface area contributed by atoms with Crippen LogP contribution in [-0.4, -0.2) is 17.1 Å². The van der Waals surface area contributed by atoms with Crippen molar-refractivity contribution in [2.45, 2.75) is 37.8 Å². The summed E-state index contributed by atoms with van der Waals surface area (Å²) in [6, 6.07) is 14.5. The van der Waals surface area contributed by atoms with Crippen molar-refractivity contribution >= 4 is 81.9 Å². The van der Waals surface area contributed by atoms with Crippen molar-refractivity contribution in [2.75, 3.05) is 10.6 Å². The third-order valence-corrected chi connectivity index (χ3v) is 6.06. The number of hydrogen-bond acceptors (Lipinski definition) is 3. The number of aromatic nitrogens is 1. The van der Waals surface area contributed by atoms with Gasteiger partial charge in [0.15, 0.2) is 0 Å². The lowest BCUT2D eigenvalue weighted by molar-refractivity contribution is 0.429. The van der Waals surface area contributed by atoms with Gasteiger partial charge in [-0.25, -0.2) is 0 Å². The molecule has 1 saturated carbocycles. The second-order valence-corrected chi connectivity index (χ2v) is 8.24.